The van der Waals surface area contributed by atoms with Crippen molar-refractivity contribution in [2.45, 2.75) is 45.3 Å². The molecule has 14 heavy (non-hydrogen) atoms. The van der Waals surface area contributed by atoms with E-state index in [2.05, 4.69) is 0 Å². The molecule has 0 aromatic rings. The number of hydrogen-bond donors (Lipinski definition) is 0. The fourth-order valence-electron chi connectivity index (χ4n) is 1.54. The fourth-order valence-corrected chi connectivity index (χ4v) is 1.54. The highest BCUT2D eigenvalue weighted by molar-refractivity contribution is 5.79. The molecule has 1 saturated heterocycles. The average Bonchev–Trinajstić information content (AvgIpc) is 2.47. The van der Waals surface area contributed by atoms with E-state index in [1.165, 1.54) is 4.90 Å². The van der Waals surface area contributed by atoms with E-state index >= 15 is 0 Å². The lowest BCUT2D eigenvalue weighted by Gasteiger charge is -2.25. The standard InChI is InChI=1S/C10H17NO3/c1-10(2,3)14-9(13)8-5-4-6-11(8)7-12/h7-8H,4-6H2,1-3H3/t8-/m1/s1. The summed E-state index contributed by atoms with van der Waals surface area (Å²) in [7, 11) is 0. The maximum atomic E-state index is 11.6. The molecule has 0 N–H and O–H groups in total. The van der Waals surface area contributed by atoms with Crippen LogP contribution in [-0.4, -0.2) is 35.5 Å². The van der Waals surface area contributed by atoms with E-state index in [1.807, 2.05) is 20.8 Å². The van der Waals surface area contributed by atoms with Crippen LogP contribution >= 0.6 is 0 Å². The van der Waals surface area contributed by atoms with Gasteiger partial charge in [0, 0.05) is 6.54 Å². The minimum absolute atomic E-state index is 0.290. The molecule has 1 amide bonds. The lowest BCUT2D eigenvalue weighted by atomic mass is 10.1. The van der Waals surface area contributed by atoms with Crippen LogP contribution in [0.2, 0.25) is 0 Å². The summed E-state index contributed by atoms with van der Waals surface area (Å²) in [5.41, 5.74) is -0.478. The monoisotopic (exact) mass is 199 g/mol. The van der Waals surface area contributed by atoms with Crippen molar-refractivity contribution in [2.75, 3.05) is 6.54 Å². The first-order valence-electron chi connectivity index (χ1n) is 4.88. The zero-order chi connectivity index (χ0) is 10.8. The maximum absolute atomic E-state index is 11.6. The van der Waals surface area contributed by atoms with Gasteiger partial charge in [0.2, 0.25) is 6.41 Å². The Morgan fingerprint density at radius 3 is 2.64 bits per heavy atom. The summed E-state index contributed by atoms with van der Waals surface area (Å²) in [6.45, 7) is 6.13. The molecule has 4 nitrogen and oxygen atoms in total. The van der Waals surface area contributed by atoms with Gasteiger partial charge in [-0.15, -0.1) is 0 Å². The Bertz CT molecular complexity index is 232. The Morgan fingerprint density at radius 1 is 1.50 bits per heavy atom. The number of carbonyl (C=O) groups excluding carboxylic acids is 2. The quantitative estimate of drug-likeness (QED) is 0.491. The van der Waals surface area contributed by atoms with E-state index in [-0.39, 0.29) is 12.0 Å². The predicted octanol–water partition coefficient (Wildman–Crippen LogP) is 0.949. The number of likely N-dealkylation sites (tertiary alicyclic amines) is 1. The molecular weight excluding hydrogens is 182 g/mol. The Kier molecular flexibility index (Phi) is 3.13. The molecule has 1 heterocycles. The number of ether oxygens (including phenoxy) is 1. The van der Waals surface area contributed by atoms with E-state index in [0.29, 0.717) is 13.0 Å². The van der Waals surface area contributed by atoms with Crippen molar-refractivity contribution in [1.82, 2.24) is 4.90 Å². The van der Waals surface area contributed by atoms with Gasteiger partial charge in [0.25, 0.3) is 0 Å². The van der Waals surface area contributed by atoms with Crippen LogP contribution in [0.1, 0.15) is 33.6 Å². The van der Waals surface area contributed by atoms with Gasteiger partial charge in [-0.1, -0.05) is 0 Å². The van der Waals surface area contributed by atoms with Crippen molar-refractivity contribution in [2.24, 2.45) is 0 Å². The Morgan fingerprint density at radius 2 is 2.14 bits per heavy atom. The molecule has 80 valence electrons. The minimum Gasteiger partial charge on any atom is -0.458 e. The summed E-state index contributed by atoms with van der Waals surface area (Å²) in [5, 5.41) is 0. The smallest absolute Gasteiger partial charge is 0.329 e. The molecule has 0 aromatic heterocycles. The van der Waals surface area contributed by atoms with Crippen LogP contribution in [0, 0.1) is 0 Å². The lowest BCUT2D eigenvalue weighted by Crippen LogP contribution is -2.39. The SMILES string of the molecule is CC(C)(C)OC(=O)[C@H]1CCCN1C=O. The highest BCUT2D eigenvalue weighted by Gasteiger charge is 2.33. The van der Waals surface area contributed by atoms with Gasteiger partial charge in [0.1, 0.15) is 11.6 Å². The molecule has 0 radical (unpaired) electrons. The van der Waals surface area contributed by atoms with E-state index in [0.717, 1.165) is 12.8 Å². The molecule has 1 atom stereocenters. The number of nitrogens with zero attached hydrogens (tertiary/aromatic N) is 1. The van der Waals surface area contributed by atoms with Crippen LogP contribution in [0.25, 0.3) is 0 Å². The second kappa shape index (κ2) is 3.98. The summed E-state index contributed by atoms with van der Waals surface area (Å²) < 4.78 is 5.21. The lowest BCUT2D eigenvalue weighted by molar-refractivity contribution is -0.161. The Labute approximate surface area is 84.2 Å². The van der Waals surface area contributed by atoms with Crippen molar-refractivity contribution in [3.8, 4) is 0 Å². The Hall–Kier alpha value is -1.06. The van der Waals surface area contributed by atoms with Crippen LogP contribution in [0.15, 0.2) is 0 Å². The summed E-state index contributed by atoms with van der Waals surface area (Å²) in [6, 6.07) is -0.369. The molecule has 0 aromatic carbocycles. The number of hydrogen-bond acceptors (Lipinski definition) is 3. The predicted molar refractivity (Wildman–Crippen MR) is 51.6 cm³/mol. The number of rotatable bonds is 2. The first kappa shape index (κ1) is 11.0. The van der Waals surface area contributed by atoms with Crippen molar-refractivity contribution >= 4 is 12.4 Å². The summed E-state index contributed by atoms with van der Waals surface area (Å²) in [5.74, 6) is -0.290. The van der Waals surface area contributed by atoms with Gasteiger partial charge in [0.05, 0.1) is 0 Å². The molecule has 0 saturated carbocycles. The third-order valence-corrected chi connectivity index (χ3v) is 2.11. The zero-order valence-electron chi connectivity index (χ0n) is 8.95. The molecule has 0 aliphatic carbocycles. The van der Waals surface area contributed by atoms with Crippen molar-refractivity contribution < 1.29 is 14.3 Å². The second-order valence-electron chi connectivity index (χ2n) is 4.53. The molecule has 0 bridgehead atoms. The molecule has 0 spiro atoms. The van der Waals surface area contributed by atoms with E-state index < -0.39 is 5.60 Å². The zero-order valence-corrected chi connectivity index (χ0v) is 8.95. The normalized spacial score (nSPS) is 22.2. The largest absolute Gasteiger partial charge is 0.458 e. The molecule has 1 aliphatic heterocycles. The topological polar surface area (TPSA) is 46.6 Å². The maximum Gasteiger partial charge on any atom is 0.329 e. The van der Waals surface area contributed by atoms with Crippen molar-refractivity contribution in [3.63, 3.8) is 0 Å². The first-order valence-corrected chi connectivity index (χ1v) is 4.88. The van der Waals surface area contributed by atoms with Gasteiger partial charge in [0.15, 0.2) is 0 Å². The third kappa shape index (κ3) is 2.72. The first-order chi connectivity index (χ1) is 6.44. The molecule has 1 rings (SSSR count). The summed E-state index contributed by atoms with van der Waals surface area (Å²) in [4.78, 5) is 23.7. The van der Waals surface area contributed by atoms with Gasteiger partial charge >= 0.3 is 5.97 Å². The molecular formula is C10H17NO3. The van der Waals surface area contributed by atoms with E-state index in [1.54, 1.807) is 0 Å². The fraction of sp³-hybridized carbons (Fsp3) is 0.800. The molecule has 1 aliphatic rings. The van der Waals surface area contributed by atoms with Gasteiger partial charge < -0.3 is 9.64 Å². The van der Waals surface area contributed by atoms with Gasteiger partial charge in [-0.3, -0.25) is 4.79 Å². The summed E-state index contributed by atoms with van der Waals surface area (Å²) >= 11 is 0. The number of amides is 1. The molecule has 4 heteroatoms. The highest BCUT2D eigenvalue weighted by Crippen LogP contribution is 2.19. The van der Waals surface area contributed by atoms with E-state index in [4.69, 9.17) is 4.74 Å². The van der Waals surface area contributed by atoms with E-state index in [9.17, 15) is 9.59 Å². The van der Waals surface area contributed by atoms with Crippen LogP contribution in [0.4, 0.5) is 0 Å². The van der Waals surface area contributed by atoms with Gasteiger partial charge in [-0.2, -0.15) is 0 Å². The van der Waals surface area contributed by atoms with Gasteiger partial charge in [-0.25, -0.2) is 4.79 Å². The number of carbonyl (C=O) groups is 2. The van der Waals surface area contributed by atoms with Crippen LogP contribution in [0.5, 0.6) is 0 Å². The van der Waals surface area contributed by atoms with Crippen molar-refractivity contribution in [1.29, 1.82) is 0 Å². The second-order valence-corrected chi connectivity index (χ2v) is 4.53. The minimum atomic E-state index is -0.478. The van der Waals surface area contributed by atoms with Gasteiger partial charge in [-0.05, 0) is 33.6 Å². The van der Waals surface area contributed by atoms with Crippen LogP contribution in [-0.2, 0) is 14.3 Å². The third-order valence-electron chi connectivity index (χ3n) is 2.11. The highest BCUT2D eigenvalue weighted by atomic mass is 16.6. The molecule has 1 fully saturated rings. The van der Waals surface area contributed by atoms with Crippen LogP contribution < -0.4 is 0 Å². The molecule has 0 unspecified atom stereocenters. The van der Waals surface area contributed by atoms with Crippen molar-refractivity contribution in [3.05, 3.63) is 0 Å². The Balaban J connectivity index is 2.56. The van der Waals surface area contributed by atoms with Crippen LogP contribution in [0.3, 0.4) is 0 Å². The average molecular weight is 199 g/mol. The summed E-state index contributed by atoms with van der Waals surface area (Å²) in [6.07, 6.45) is 2.32. The number of esters is 1.